The van der Waals surface area contributed by atoms with E-state index in [1.165, 1.54) is 11.0 Å². The lowest BCUT2D eigenvalue weighted by Crippen LogP contribution is -2.36. The zero-order chi connectivity index (χ0) is 19.8. The van der Waals surface area contributed by atoms with Crippen LogP contribution in [0.1, 0.15) is 49.5 Å². The molecule has 1 unspecified atom stereocenters. The van der Waals surface area contributed by atoms with Crippen LogP contribution in [0.3, 0.4) is 0 Å². The van der Waals surface area contributed by atoms with Gasteiger partial charge in [-0.3, -0.25) is 19.3 Å². The lowest BCUT2D eigenvalue weighted by molar-refractivity contribution is 0.0475. The van der Waals surface area contributed by atoms with Gasteiger partial charge in [-0.25, -0.2) is 0 Å². The van der Waals surface area contributed by atoms with Gasteiger partial charge >= 0.3 is 0 Å². The molecule has 2 aromatic carbocycles. The van der Waals surface area contributed by atoms with Crippen molar-refractivity contribution < 1.29 is 19.1 Å². The van der Waals surface area contributed by atoms with E-state index in [0.717, 1.165) is 22.9 Å². The van der Waals surface area contributed by atoms with Crippen molar-refractivity contribution in [2.24, 2.45) is 0 Å². The van der Waals surface area contributed by atoms with Crippen LogP contribution in [0.5, 0.6) is 0 Å². The molecule has 1 N–H and O–H groups in total. The molecule has 0 spiro atoms. The van der Waals surface area contributed by atoms with Crippen molar-refractivity contribution in [2.45, 2.75) is 25.9 Å². The monoisotopic (exact) mass is 442 g/mol. The quantitative estimate of drug-likeness (QED) is 0.730. The number of imide groups is 1. The van der Waals surface area contributed by atoms with E-state index in [1.54, 1.807) is 12.1 Å². The number of amides is 3. The van der Waals surface area contributed by atoms with E-state index < -0.39 is 0 Å². The van der Waals surface area contributed by atoms with Gasteiger partial charge in [0.25, 0.3) is 17.7 Å². The summed E-state index contributed by atoms with van der Waals surface area (Å²) in [5.41, 5.74) is 2.54. The van der Waals surface area contributed by atoms with E-state index in [0.29, 0.717) is 23.4 Å². The molecule has 6 nitrogen and oxygen atoms in total. The maximum absolute atomic E-state index is 12.7. The highest BCUT2D eigenvalue weighted by Gasteiger charge is 2.37. The lowest BCUT2D eigenvalue weighted by Gasteiger charge is -2.17. The van der Waals surface area contributed by atoms with Gasteiger partial charge in [-0.15, -0.1) is 0 Å². The van der Waals surface area contributed by atoms with Crippen LogP contribution in [-0.2, 0) is 4.74 Å². The van der Waals surface area contributed by atoms with E-state index in [-0.39, 0.29) is 35.9 Å². The second kappa shape index (κ2) is 7.48. The van der Waals surface area contributed by atoms with Crippen molar-refractivity contribution in [3.8, 4) is 0 Å². The van der Waals surface area contributed by atoms with E-state index in [9.17, 15) is 14.4 Å². The molecule has 144 valence electrons. The first kappa shape index (κ1) is 18.8. The van der Waals surface area contributed by atoms with Crippen LogP contribution in [0.15, 0.2) is 40.9 Å². The van der Waals surface area contributed by atoms with Gasteiger partial charge in [-0.2, -0.15) is 0 Å². The van der Waals surface area contributed by atoms with Crippen molar-refractivity contribution >= 4 is 39.3 Å². The molecule has 2 aromatic rings. The number of ether oxygens (including phenoxy) is 1. The third-order valence-electron chi connectivity index (χ3n) is 5.08. The Morgan fingerprint density at radius 3 is 2.68 bits per heavy atom. The minimum atomic E-state index is -0.370. The summed E-state index contributed by atoms with van der Waals surface area (Å²) in [7, 11) is 0. The molecule has 0 radical (unpaired) electrons. The van der Waals surface area contributed by atoms with Gasteiger partial charge < -0.3 is 10.1 Å². The summed E-state index contributed by atoms with van der Waals surface area (Å²) in [5.74, 6) is -1.03. The van der Waals surface area contributed by atoms with Crippen molar-refractivity contribution in [3.05, 3.63) is 63.1 Å². The number of nitrogens with one attached hydrogen (secondary N) is 1. The standard InChI is InChI=1S/C21H19BrN2O4/c1-12-9-14(22)5-7-18(12)23-19(25)13-4-6-16-17(10-13)21(27)24(20(16)26)11-15-3-2-8-28-15/h4-7,9-10,15H,2-3,8,11H2,1H3,(H,23,25). The fraction of sp³-hybridized carbons (Fsp3) is 0.286. The molecule has 3 amide bonds. The number of rotatable bonds is 4. The summed E-state index contributed by atoms with van der Waals surface area (Å²) >= 11 is 3.39. The van der Waals surface area contributed by atoms with E-state index in [2.05, 4.69) is 21.2 Å². The van der Waals surface area contributed by atoms with Crippen LogP contribution in [-0.4, -0.2) is 41.9 Å². The van der Waals surface area contributed by atoms with Crippen molar-refractivity contribution in [3.63, 3.8) is 0 Å². The van der Waals surface area contributed by atoms with Crippen molar-refractivity contribution in [1.82, 2.24) is 4.90 Å². The van der Waals surface area contributed by atoms with Crippen LogP contribution in [0.4, 0.5) is 5.69 Å². The lowest BCUT2D eigenvalue weighted by atomic mass is 10.0. The molecule has 2 aliphatic heterocycles. The van der Waals surface area contributed by atoms with Crippen LogP contribution >= 0.6 is 15.9 Å². The van der Waals surface area contributed by atoms with E-state index in [4.69, 9.17) is 4.74 Å². The number of halogens is 1. The molecule has 0 saturated carbocycles. The van der Waals surface area contributed by atoms with Gasteiger partial charge in [0, 0.05) is 22.3 Å². The van der Waals surface area contributed by atoms with Crippen molar-refractivity contribution in [2.75, 3.05) is 18.5 Å². The second-order valence-corrected chi connectivity index (χ2v) is 7.95. The summed E-state index contributed by atoms with van der Waals surface area (Å²) in [6.07, 6.45) is 1.67. The first-order valence-electron chi connectivity index (χ1n) is 9.13. The van der Waals surface area contributed by atoms with Gasteiger partial charge in [0.05, 0.1) is 23.8 Å². The average molecular weight is 443 g/mol. The highest BCUT2D eigenvalue weighted by molar-refractivity contribution is 9.10. The number of hydrogen-bond acceptors (Lipinski definition) is 4. The molecule has 0 bridgehead atoms. The number of aryl methyl sites for hydroxylation is 1. The SMILES string of the molecule is Cc1cc(Br)ccc1NC(=O)c1ccc2c(c1)C(=O)N(CC1CCCO1)C2=O. The molecular formula is C21H19BrN2O4. The summed E-state index contributed by atoms with van der Waals surface area (Å²) in [6, 6.07) is 10.2. The molecule has 1 fully saturated rings. The van der Waals surface area contributed by atoms with Gasteiger partial charge in [0.2, 0.25) is 0 Å². The Hall–Kier alpha value is -2.51. The molecule has 0 aliphatic carbocycles. The number of anilines is 1. The Labute approximate surface area is 171 Å². The Morgan fingerprint density at radius 1 is 1.18 bits per heavy atom. The number of benzene rings is 2. The van der Waals surface area contributed by atoms with E-state index >= 15 is 0 Å². The molecule has 4 rings (SSSR count). The zero-order valence-electron chi connectivity index (χ0n) is 15.3. The van der Waals surface area contributed by atoms with Crippen LogP contribution < -0.4 is 5.32 Å². The number of hydrogen-bond donors (Lipinski definition) is 1. The third kappa shape index (κ3) is 3.47. The molecule has 2 heterocycles. The zero-order valence-corrected chi connectivity index (χ0v) is 16.9. The molecule has 7 heteroatoms. The molecule has 1 saturated heterocycles. The van der Waals surface area contributed by atoms with Gasteiger partial charge in [-0.1, -0.05) is 15.9 Å². The molecule has 0 aromatic heterocycles. The van der Waals surface area contributed by atoms with Crippen molar-refractivity contribution in [1.29, 1.82) is 0 Å². The molecule has 2 aliphatic rings. The normalized spacial score (nSPS) is 18.5. The first-order valence-corrected chi connectivity index (χ1v) is 9.92. The Balaban J connectivity index is 1.54. The van der Waals surface area contributed by atoms with Gasteiger partial charge in [0.15, 0.2) is 0 Å². The largest absolute Gasteiger partial charge is 0.376 e. The summed E-state index contributed by atoms with van der Waals surface area (Å²) < 4.78 is 6.47. The molecular weight excluding hydrogens is 424 g/mol. The number of nitrogens with zero attached hydrogens (tertiary/aromatic N) is 1. The van der Waals surface area contributed by atoms with E-state index in [1.807, 2.05) is 25.1 Å². The first-order chi connectivity index (χ1) is 13.4. The maximum atomic E-state index is 12.7. The Kier molecular flexibility index (Phi) is 5.03. The number of fused-ring (bicyclic) bond motifs is 1. The minimum absolute atomic E-state index is 0.106. The van der Waals surface area contributed by atoms with Gasteiger partial charge in [-0.05, 0) is 61.7 Å². The fourth-order valence-corrected chi connectivity index (χ4v) is 4.03. The third-order valence-corrected chi connectivity index (χ3v) is 5.57. The Morgan fingerprint density at radius 2 is 1.96 bits per heavy atom. The molecule has 1 atom stereocenters. The predicted octanol–water partition coefficient (Wildman–Crippen LogP) is 3.78. The van der Waals surface area contributed by atoms with Crippen LogP contribution in [0.25, 0.3) is 0 Å². The topological polar surface area (TPSA) is 75.7 Å². The van der Waals surface area contributed by atoms with Crippen LogP contribution in [0.2, 0.25) is 0 Å². The average Bonchev–Trinajstić information content (AvgIpc) is 3.27. The number of carbonyl (C=O) groups is 3. The smallest absolute Gasteiger partial charge is 0.261 e. The summed E-state index contributed by atoms with van der Waals surface area (Å²) in [4.78, 5) is 39.2. The maximum Gasteiger partial charge on any atom is 0.261 e. The van der Waals surface area contributed by atoms with Gasteiger partial charge in [0.1, 0.15) is 0 Å². The predicted molar refractivity (Wildman–Crippen MR) is 108 cm³/mol. The molecule has 28 heavy (non-hydrogen) atoms. The highest BCUT2D eigenvalue weighted by atomic mass is 79.9. The second-order valence-electron chi connectivity index (χ2n) is 7.03. The highest BCUT2D eigenvalue weighted by Crippen LogP contribution is 2.27. The number of carbonyl (C=O) groups excluding carboxylic acids is 3. The summed E-state index contributed by atoms with van der Waals surface area (Å²) in [6.45, 7) is 2.81. The van der Waals surface area contributed by atoms with Crippen LogP contribution in [0, 0.1) is 6.92 Å². The summed E-state index contributed by atoms with van der Waals surface area (Å²) in [5, 5.41) is 2.85. The minimum Gasteiger partial charge on any atom is -0.376 e. The Bertz CT molecular complexity index is 982. The fourth-order valence-electron chi connectivity index (χ4n) is 3.55.